The lowest BCUT2D eigenvalue weighted by atomic mass is 10.1. The van der Waals surface area contributed by atoms with Gasteiger partial charge in [0.25, 0.3) is 5.91 Å². The second-order valence-corrected chi connectivity index (χ2v) is 4.25. The number of aliphatic carboxylic acids is 1. The minimum absolute atomic E-state index is 0.00162. The molecule has 1 amide bonds. The molecule has 1 unspecified atom stereocenters. The van der Waals surface area contributed by atoms with Crippen molar-refractivity contribution in [2.75, 3.05) is 0 Å². The van der Waals surface area contributed by atoms with Crippen molar-refractivity contribution in [3.63, 3.8) is 0 Å². The van der Waals surface area contributed by atoms with Gasteiger partial charge in [0.1, 0.15) is 11.8 Å². The Morgan fingerprint density at radius 2 is 2.11 bits per heavy atom. The van der Waals surface area contributed by atoms with E-state index in [9.17, 15) is 14.7 Å². The van der Waals surface area contributed by atoms with Gasteiger partial charge in [0.15, 0.2) is 0 Å². The third-order valence-corrected chi connectivity index (χ3v) is 2.62. The summed E-state index contributed by atoms with van der Waals surface area (Å²) in [6.07, 6.45) is 0.958. The molecule has 1 aromatic carbocycles. The number of benzene rings is 1. The number of carbonyl (C=O) groups is 2. The van der Waals surface area contributed by atoms with Crippen molar-refractivity contribution < 1.29 is 19.8 Å². The maximum atomic E-state index is 11.8. The second kappa shape index (κ2) is 6.26. The number of hydrogen-bond acceptors (Lipinski definition) is 3. The number of halogens is 1. The minimum atomic E-state index is -1.10. The van der Waals surface area contributed by atoms with Gasteiger partial charge in [-0.15, -0.1) is 0 Å². The van der Waals surface area contributed by atoms with E-state index in [4.69, 9.17) is 16.7 Å². The van der Waals surface area contributed by atoms with Gasteiger partial charge in [-0.2, -0.15) is 0 Å². The standard InChI is InChI=1S/C12H14ClNO4/c1-2-3-9(12(17)18)14-11(16)8-5-4-7(13)6-10(8)15/h4-6,9,15H,2-3H2,1H3,(H,14,16)(H,17,18). The first-order valence-corrected chi connectivity index (χ1v) is 5.85. The van der Waals surface area contributed by atoms with Gasteiger partial charge >= 0.3 is 5.97 Å². The lowest BCUT2D eigenvalue weighted by Crippen LogP contribution is -2.40. The monoisotopic (exact) mass is 271 g/mol. The number of rotatable bonds is 5. The third-order valence-electron chi connectivity index (χ3n) is 2.39. The molecule has 0 radical (unpaired) electrons. The van der Waals surface area contributed by atoms with E-state index in [0.29, 0.717) is 17.9 Å². The van der Waals surface area contributed by atoms with Gasteiger partial charge in [-0.3, -0.25) is 4.79 Å². The van der Waals surface area contributed by atoms with E-state index in [0.717, 1.165) is 0 Å². The average molecular weight is 272 g/mol. The van der Waals surface area contributed by atoms with Gasteiger partial charge in [-0.1, -0.05) is 24.9 Å². The van der Waals surface area contributed by atoms with Crippen molar-refractivity contribution in [1.29, 1.82) is 0 Å². The van der Waals surface area contributed by atoms with Gasteiger partial charge in [-0.25, -0.2) is 4.79 Å². The van der Waals surface area contributed by atoms with Crippen LogP contribution in [0, 0.1) is 0 Å². The van der Waals surface area contributed by atoms with Crippen LogP contribution in [0.5, 0.6) is 5.75 Å². The van der Waals surface area contributed by atoms with Crippen molar-refractivity contribution in [2.45, 2.75) is 25.8 Å². The molecule has 6 heteroatoms. The van der Waals surface area contributed by atoms with Crippen LogP contribution in [0.25, 0.3) is 0 Å². The molecule has 98 valence electrons. The lowest BCUT2D eigenvalue weighted by molar-refractivity contribution is -0.139. The van der Waals surface area contributed by atoms with Gasteiger partial charge in [0, 0.05) is 5.02 Å². The largest absolute Gasteiger partial charge is 0.507 e. The van der Waals surface area contributed by atoms with Crippen molar-refractivity contribution in [1.82, 2.24) is 5.32 Å². The summed E-state index contributed by atoms with van der Waals surface area (Å²) in [5.74, 6) is -2.01. The fraction of sp³-hybridized carbons (Fsp3) is 0.333. The molecule has 0 saturated heterocycles. The number of amides is 1. The van der Waals surface area contributed by atoms with E-state index in [1.54, 1.807) is 0 Å². The van der Waals surface area contributed by atoms with Crippen LogP contribution in [0.15, 0.2) is 18.2 Å². The molecule has 1 atom stereocenters. The quantitative estimate of drug-likeness (QED) is 0.765. The fourth-order valence-corrected chi connectivity index (χ4v) is 1.65. The number of phenols is 1. The molecule has 0 aliphatic rings. The topological polar surface area (TPSA) is 86.6 Å². The van der Waals surface area contributed by atoms with Gasteiger partial charge in [-0.05, 0) is 24.6 Å². The second-order valence-electron chi connectivity index (χ2n) is 3.81. The first-order chi connectivity index (χ1) is 8.45. The number of aromatic hydroxyl groups is 1. The van der Waals surface area contributed by atoms with Crippen molar-refractivity contribution >= 4 is 23.5 Å². The number of hydrogen-bond donors (Lipinski definition) is 3. The number of carboxylic acids is 1. The molecule has 18 heavy (non-hydrogen) atoms. The molecule has 5 nitrogen and oxygen atoms in total. The summed E-state index contributed by atoms with van der Waals surface area (Å²) in [4.78, 5) is 22.7. The summed E-state index contributed by atoms with van der Waals surface area (Å²) >= 11 is 5.64. The van der Waals surface area contributed by atoms with Crippen LogP contribution < -0.4 is 5.32 Å². The molecule has 0 aliphatic heterocycles. The molecule has 1 rings (SSSR count). The van der Waals surface area contributed by atoms with Gasteiger partial charge in [0.05, 0.1) is 5.56 Å². The average Bonchev–Trinajstić information content (AvgIpc) is 2.27. The van der Waals surface area contributed by atoms with E-state index in [-0.39, 0.29) is 11.3 Å². The highest BCUT2D eigenvalue weighted by atomic mass is 35.5. The zero-order valence-corrected chi connectivity index (χ0v) is 10.6. The Labute approximate surface area is 109 Å². The SMILES string of the molecule is CCCC(NC(=O)c1ccc(Cl)cc1O)C(=O)O. The van der Waals surface area contributed by atoms with E-state index in [1.807, 2.05) is 6.92 Å². The minimum Gasteiger partial charge on any atom is -0.507 e. The Kier molecular flexibility index (Phi) is 4.97. The zero-order valence-electron chi connectivity index (χ0n) is 9.81. The van der Waals surface area contributed by atoms with Gasteiger partial charge < -0.3 is 15.5 Å². The summed E-state index contributed by atoms with van der Waals surface area (Å²) in [7, 11) is 0. The number of nitrogens with one attached hydrogen (secondary N) is 1. The highest BCUT2D eigenvalue weighted by Gasteiger charge is 2.21. The molecule has 0 heterocycles. The van der Waals surface area contributed by atoms with E-state index >= 15 is 0 Å². The Morgan fingerprint density at radius 1 is 1.44 bits per heavy atom. The molecule has 0 spiro atoms. The summed E-state index contributed by atoms with van der Waals surface area (Å²) in [5.41, 5.74) is 0.00162. The zero-order chi connectivity index (χ0) is 13.7. The molecular weight excluding hydrogens is 258 g/mol. The molecule has 0 aliphatic carbocycles. The van der Waals surface area contributed by atoms with E-state index in [2.05, 4.69) is 5.32 Å². The van der Waals surface area contributed by atoms with Crippen LogP contribution >= 0.6 is 11.6 Å². The smallest absolute Gasteiger partial charge is 0.326 e. The number of carboxylic acid groups (broad SMARTS) is 1. The van der Waals surface area contributed by atoms with E-state index in [1.165, 1.54) is 18.2 Å². The Balaban J connectivity index is 2.83. The molecule has 0 fully saturated rings. The van der Waals surface area contributed by atoms with E-state index < -0.39 is 17.9 Å². The van der Waals surface area contributed by atoms with Crippen molar-refractivity contribution in [2.24, 2.45) is 0 Å². The molecule has 0 saturated carbocycles. The molecule has 0 bridgehead atoms. The predicted octanol–water partition coefficient (Wildman–Crippen LogP) is 2.03. The lowest BCUT2D eigenvalue weighted by Gasteiger charge is -2.14. The molecule has 3 N–H and O–H groups in total. The Bertz CT molecular complexity index is 461. The summed E-state index contributed by atoms with van der Waals surface area (Å²) in [5, 5.41) is 21.1. The fourth-order valence-electron chi connectivity index (χ4n) is 1.48. The molecular formula is C12H14ClNO4. The van der Waals surface area contributed by atoms with Crippen LogP contribution in [-0.2, 0) is 4.79 Å². The summed E-state index contributed by atoms with van der Waals surface area (Å²) < 4.78 is 0. The number of phenolic OH excluding ortho intramolecular Hbond substituents is 1. The summed E-state index contributed by atoms with van der Waals surface area (Å²) in [6, 6.07) is 3.06. The van der Waals surface area contributed by atoms with Crippen molar-refractivity contribution in [3.8, 4) is 5.75 Å². The highest BCUT2D eigenvalue weighted by molar-refractivity contribution is 6.30. The first kappa shape index (κ1) is 14.3. The maximum Gasteiger partial charge on any atom is 0.326 e. The highest BCUT2D eigenvalue weighted by Crippen LogP contribution is 2.21. The van der Waals surface area contributed by atoms with Crippen LogP contribution in [0.1, 0.15) is 30.1 Å². The van der Waals surface area contributed by atoms with Crippen molar-refractivity contribution in [3.05, 3.63) is 28.8 Å². The number of carbonyl (C=O) groups excluding carboxylic acids is 1. The Morgan fingerprint density at radius 3 is 2.61 bits per heavy atom. The summed E-state index contributed by atoms with van der Waals surface area (Å²) in [6.45, 7) is 1.82. The molecule has 1 aromatic rings. The normalized spacial score (nSPS) is 11.9. The van der Waals surface area contributed by atoms with Crippen LogP contribution in [0.3, 0.4) is 0 Å². The van der Waals surface area contributed by atoms with Gasteiger partial charge in [0.2, 0.25) is 0 Å². The van der Waals surface area contributed by atoms with Crippen LogP contribution in [-0.4, -0.2) is 28.1 Å². The van der Waals surface area contributed by atoms with Crippen LogP contribution in [0.2, 0.25) is 5.02 Å². The Hall–Kier alpha value is -1.75. The predicted molar refractivity (Wildman–Crippen MR) is 66.9 cm³/mol. The first-order valence-electron chi connectivity index (χ1n) is 5.48. The third kappa shape index (κ3) is 3.63. The maximum absolute atomic E-state index is 11.8. The van der Waals surface area contributed by atoms with Crippen LogP contribution in [0.4, 0.5) is 0 Å². The molecule has 0 aromatic heterocycles.